The van der Waals surface area contributed by atoms with Crippen LogP contribution in [0.3, 0.4) is 0 Å². The standard InChI is InChI=1S/C12H17NO2/c1-9(12(13)15)11(14)8-7-10-5-3-2-4-6-10/h2-6,9,11,14H,7-8H2,1H3,(H2,13,15)/t9-,11+/m0/s1. The molecule has 0 aromatic heterocycles. The van der Waals surface area contributed by atoms with Crippen molar-refractivity contribution < 1.29 is 9.90 Å². The van der Waals surface area contributed by atoms with Gasteiger partial charge in [0.05, 0.1) is 12.0 Å². The highest BCUT2D eigenvalue weighted by Gasteiger charge is 2.18. The normalized spacial score (nSPS) is 14.5. The van der Waals surface area contributed by atoms with Crippen molar-refractivity contribution in [3.8, 4) is 0 Å². The van der Waals surface area contributed by atoms with Gasteiger partial charge in [0.25, 0.3) is 0 Å². The number of aryl methyl sites for hydroxylation is 1. The Bertz CT molecular complexity index is 311. The first-order valence-electron chi connectivity index (χ1n) is 5.12. The topological polar surface area (TPSA) is 63.3 Å². The molecule has 0 saturated carbocycles. The average Bonchev–Trinajstić information content (AvgIpc) is 2.26. The van der Waals surface area contributed by atoms with Gasteiger partial charge < -0.3 is 10.8 Å². The fourth-order valence-electron chi connectivity index (χ4n) is 1.40. The van der Waals surface area contributed by atoms with Gasteiger partial charge in [-0.15, -0.1) is 0 Å². The molecule has 3 heteroatoms. The Morgan fingerprint density at radius 2 is 2.00 bits per heavy atom. The molecule has 1 rings (SSSR count). The third kappa shape index (κ3) is 3.72. The lowest BCUT2D eigenvalue weighted by molar-refractivity contribution is -0.124. The maximum atomic E-state index is 10.8. The van der Waals surface area contributed by atoms with Gasteiger partial charge in [0.2, 0.25) is 5.91 Å². The minimum Gasteiger partial charge on any atom is -0.392 e. The van der Waals surface area contributed by atoms with Crippen LogP contribution in [-0.4, -0.2) is 17.1 Å². The Balaban J connectivity index is 2.41. The predicted molar refractivity (Wildman–Crippen MR) is 59.1 cm³/mol. The predicted octanol–water partition coefficient (Wildman–Crippen LogP) is 1.10. The molecule has 0 aliphatic carbocycles. The molecule has 0 heterocycles. The molecule has 82 valence electrons. The van der Waals surface area contributed by atoms with Crippen molar-refractivity contribution in [2.75, 3.05) is 0 Å². The van der Waals surface area contributed by atoms with Gasteiger partial charge in [0.15, 0.2) is 0 Å². The molecule has 1 aromatic rings. The SMILES string of the molecule is C[C@H](C(N)=O)[C@H](O)CCc1ccccc1. The van der Waals surface area contributed by atoms with E-state index in [9.17, 15) is 9.90 Å². The van der Waals surface area contributed by atoms with E-state index in [4.69, 9.17) is 5.73 Å². The summed E-state index contributed by atoms with van der Waals surface area (Å²) in [6, 6.07) is 9.87. The van der Waals surface area contributed by atoms with Crippen molar-refractivity contribution in [2.24, 2.45) is 11.7 Å². The number of primary amides is 1. The van der Waals surface area contributed by atoms with Crippen molar-refractivity contribution in [3.63, 3.8) is 0 Å². The maximum absolute atomic E-state index is 10.8. The van der Waals surface area contributed by atoms with E-state index in [-0.39, 0.29) is 0 Å². The minimum atomic E-state index is -0.650. The minimum absolute atomic E-state index is 0.449. The largest absolute Gasteiger partial charge is 0.392 e. The van der Waals surface area contributed by atoms with Crippen molar-refractivity contribution in [1.29, 1.82) is 0 Å². The monoisotopic (exact) mass is 207 g/mol. The van der Waals surface area contributed by atoms with E-state index in [0.29, 0.717) is 6.42 Å². The number of aliphatic hydroxyl groups excluding tert-OH is 1. The van der Waals surface area contributed by atoms with Gasteiger partial charge in [-0.25, -0.2) is 0 Å². The summed E-state index contributed by atoms with van der Waals surface area (Å²) in [5.74, 6) is -0.927. The molecule has 0 radical (unpaired) electrons. The number of hydrogen-bond acceptors (Lipinski definition) is 2. The summed E-state index contributed by atoms with van der Waals surface area (Å²) < 4.78 is 0. The summed E-state index contributed by atoms with van der Waals surface area (Å²) in [4.78, 5) is 10.8. The van der Waals surface area contributed by atoms with Gasteiger partial charge in [0.1, 0.15) is 0 Å². The van der Waals surface area contributed by atoms with E-state index < -0.39 is 17.9 Å². The van der Waals surface area contributed by atoms with Crippen LogP contribution in [0.4, 0.5) is 0 Å². The zero-order valence-corrected chi connectivity index (χ0v) is 8.89. The van der Waals surface area contributed by atoms with Crippen LogP contribution in [0.2, 0.25) is 0 Å². The van der Waals surface area contributed by atoms with E-state index in [1.165, 1.54) is 0 Å². The smallest absolute Gasteiger partial charge is 0.222 e. The Morgan fingerprint density at radius 3 is 2.53 bits per heavy atom. The van der Waals surface area contributed by atoms with E-state index in [2.05, 4.69) is 0 Å². The molecule has 0 saturated heterocycles. The summed E-state index contributed by atoms with van der Waals surface area (Å²) in [5.41, 5.74) is 6.27. The molecule has 3 N–H and O–H groups in total. The molecular formula is C12H17NO2. The number of carbonyl (C=O) groups is 1. The third-order valence-electron chi connectivity index (χ3n) is 2.60. The average molecular weight is 207 g/mol. The molecule has 1 amide bonds. The van der Waals surface area contributed by atoms with Crippen molar-refractivity contribution in [3.05, 3.63) is 35.9 Å². The summed E-state index contributed by atoms with van der Waals surface area (Å²) >= 11 is 0. The summed E-state index contributed by atoms with van der Waals surface area (Å²) in [6.45, 7) is 1.65. The molecular weight excluding hydrogens is 190 g/mol. The van der Waals surface area contributed by atoms with Gasteiger partial charge in [0, 0.05) is 0 Å². The number of hydrogen-bond donors (Lipinski definition) is 2. The summed E-state index contributed by atoms with van der Waals surface area (Å²) in [7, 11) is 0. The number of carbonyl (C=O) groups excluding carboxylic acids is 1. The molecule has 1 aromatic carbocycles. The van der Waals surface area contributed by atoms with Gasteiger partial charge >= 0.3 is 0 Å². The van der Waals surface area contributed by atoms with Gasteiger partial charge in [-0.05, 0) is 18.4 Å². The molecule has 15 heavy (non-hydrogen) atoms. The van der Waals surface area contributed by atoms with E-state index in [1.807, 2.05) is 30.3 Å². The van der Waals surface area contributed by atoms with Crippen LogP contribution in [0.1, 0.15) is 18.9 Å². The van der Waals surface area contributed by atoms with Crippen LogP contribution in [0.5, 0.6) is 0 Å². The van der Waals surface area contributed by atoms with Crippen LogP contribution >= 0.6 is 0 Å². The molecule has 0 unspecified atom stereocenters. The molecule has 0 aliphatic heterocycles. The third-order valence-corrected chi connectivity index (χ3v) is 2.60. The Kier molecular flexibility index (Phi) is 4.31. The Hall–Kier alpha value is -1.35. The molecule has 0 fully saturated rings. The number of benzene rings is 1. The second kappa shape index (κ2) is 5.51. The van der Waals surface area contributed by atoms with Crippen LogP contribution in [0, 0.1) is 5.92 Å². The Morgan fingerprint density at radius 1 is 1.40 bits per heavy atom. The molecule has 3 nitrogen and oxygen atoms in total. The molecule has 0 spiro atoms. The van der Waals surface area contributed by atoms with Crippen molar-refractivity contribution >= 4 is 5.91 Å². The lowest BCUT2D eigenvalue weighted by Crippen LogP contribution is -2.31. The first kappa shape index (κ1) is 11.7. The van der Waals surface area contributed by atoms with E-state index in [1.54, 1.807) is 6.92 Å². The molecule has 2 atom stereocenters. The van der Waals surface area contributed by atoms with Crippen LogP contribution in [0.15, 0.2) is 30.3 Å². The maximum Gasteiger partial charge on any atom is 0.222 e. The van der Waals surface area contributed by atoms with E-state index >= 15 is 0 Å². The second-order valence-electron chi connectivity index (χ2n) is 3.78. The highest BCUT2D eigenvalue weighted by Crippen LogP contribution is 2.10. The summed E-state index contributed by atoms with van der Waals surface area (Å²) in [5, 5.41) is 9.65. The first-order chi connectivity index (χ1) is 7.11. The molecule has 0 bridgehead atoms. The highest BCUT2D eigenvalue weighted by atomic mass is 16.3. The highest BCUT2D eigenvalue weighted by molar-refractivity contribution is 5.76. The van der Waals surface area contributed by atoms with Crippen molar-refractivity contribution in [1.82, 2.24) is 0 Å². The summed E-state index contributed by atoms with van der Waals surface area (Å²) in [6.07, 6.45) is 0.677. The lowest BCUT2D eigenvalue weighted by atomic mass is 9.97. The zero-order chi connectivity index (χ0) is 11.3. The van der Waals surface area contributed by atoms with Crippen LogP contribution in [-0.2, 0) is 11.2 Å². The fraction of sp³-hybridized carbons (Fsp3) is 0.417. The quantitative estimate of drug-likeness (QED) is 0.759. The van der Waals surface area contributed by atoms with Crippen LogP contribution in [0.25, 0.3) is 0 Å². The number of aliphatic hydroxyl groups is 1. The van der Waals surface area contributed by atoms with Crippen LogP contribution < -0.4 is 5.73 Å². The number of amides is 1. The van der Waals surface area contributed by atoms with Crippen molar-refractivity contribution in [2.45, 2.75) is 25.9 Å². The second-order valence-corrected chi connectivity index (χ2v) is 3.78. The van der Waals surface area contributed by atoms with E-state index in [0.717, 1.165) is 12.0 Å². The number of nitrogens with two attached hydrogens (primary N) is 1. The zero-order valence-electron chi connectivity index (χ0n) is 8.89. The fourth-order valence-corrected chi connectivity index (χ4v) is 1.40. The Labute approximate surface area is 89.9 Å². The van der Waals surface area contributed by atoms with Gasteiger partial charge in [-0.3, -0.25) is 4.79 Å². The lowest BCUT2D eigenvalue weighted by Gasteiger charge is -2.15. The van der Waals surface area contributed by atoms with Gasteiger partial charge in [-0.1, -0.05) is 37.3 Å². The van der Waals surface area contributed by atoms with Gasteiger partial charge in [-0.2, -0.15) is 0 Å². The number of rotatable bonds is 5. The molecule has 0 aliphatic rings. The first-order valence-corrected chi connectivity index (χ1v) is 5.12.